The number of ether oxygens (including phenoxy) is 1. The Labute approximate surface area is 122 Å². The van der Waals surface area contributed by atoms with Gasteiger partial charge < -0.3 is 9.30 Å². The second-order valence-electron chi connectivity index (χ2n) is 4.66. The van der Waals surface area contributed by atoms with Crippen LogP contribution in [0.2, 0.25) is 0 Å². The fraction of sp³-hybridized carbons (Fsp3) is 0.188. The van der Waals surface area contributed by atoms with E-state index >= 15 is 0 Å². The number of thioether (sulfide) groups is 1. The number of methoxy groups -OCH3 is 1. The average Bonchev–Trinajstić information content (AvgIpc) is 2.84. The van der Waals surface area contributed by atoms with Gasteiger partial charge in [0.05, 0.1) is 12.1 Å². The summed E-state index contributed by atoms with van der Waals surface area (Å²) in [7, 11) is 3.48. The van der Waals surface area contributed by atoms with Crippen LogP contribution >= 0.6 is 11.8 Å². The summed E-state index contributed by atoms with van der Waals surface area (Å²) in [5.74, 6) is 0.416. The summed E-state index contributed by atoms with van der Waals surface area (Å²) in [6.45, 7) is 0. The highest BCUT2D eigenvalue weighted by molar-refractivity contribution is 7.99. The third kappa shape index (κ3) is 2.16. The van der Waals surface area contributed by atoms with Crippen molar-refractivity contribution >= 4 is 23.8 Å². The predicted octanol–water partition coefficient (Wildman–Crippen LogP) is 3.35. The van der Waals surface area contributed by atoms with Crippen LogP contribution in [0.4, 0.5) is 0 Å². The summed E-state index contributed by atoms with van der Waals surface area (Å²) in [5.41, 5.74) is 4.14. The van der Waals surface area contributed by atoms with Gasteiger partial charge in [-0.15, -0.1) is 11.8 Å². The average molecular weight is 285 g/mol. The standard InChI is InChI=1S/C16H15NO2S/c1-17-14(11-6-4-3-5-7-11)9-12-8-13(16(18)19-2)10-20-15(12)17/h3-9H,10H2,1-2H3. The highest BCUT2D eigenvalue weighted by Crippen LogP contribution is 2.37. The zero-order valence-electron chi connectivity index (χ0n) is 11.4. The lowest BCUT2D eigenvalue weighted by Crippen LogP contribution is -2.09. The molecule has 1 aromatic carbocycles. The van der Waals surface area contributed by atoms with Crippen molar-refractivity contribution in [1.82, 2.24) is 4.57 Å². The van der Waals surface area contributed by atoms with Crippen molar-refractivity contribution < 1.29 is 9.53 Å². The van der Waals surface area contributed by atoms with E-state index in [2.05, 4.69) is 29.8 Å². The number of carbonyl (C=O) groups excluding carboxylic acids is 1. The Morgan fingerprint density at radius 2 is 2.05 bits per heavy atom. The van der Waals surface area contributed by atoms with Crippen molar-refractivity contribution in [3.05, 3.63) is 47.5 Å². The minimum atomic E-state index is -0.242. The summed E-state index contributed by atoms with van der Waals surface area (Å²) in [6, 6.07) is 12.4. The van der Waals surface area contributed by atoms with Gasteiger partial charge in [-0.2, -0.15) is 0 Å². The number of hydrogen-bond acceptors (Lipinski definition) is 3. The van der Waals surface area contributed by atoms with Crippen LogP contribution < -0.4 is 0 Å². The molecule has 0 bridgehead atoms. The van der Waals surface area contributed by atoms with E-state index in [-0.39, 0.29) is 5.97 Å². The molecule has 0 N–H and O–H groups in total. The second kappa shape index (κ2) is 5.21. The van der Waals surface area contributed by atoms with Crippen molar-refractivity contribution in [2.24, 2.45) is 7.05 Å². The molecule has 0 spiro atoms. The Balaban J connectivity index is 2.06. The van der Waals surface area contributed by atoms with Gasteiger partial charge in [0.25, 0.3) is 0 Å². The number of carbonyl (C=O) groups is 1. The number of rotatable bonds is 2. The lowest BCUT2D eigenvalue weighted by Gasteiger charge is -2.13. The molecule has 1 aliphatic heterocycles. The third-order valence-corrected chi connectivity index (χ3v) is 4.65. The van der Waals surface area contributed by atoms with Gasteiger partial charge in [0.15, 0.2) is 0 Å². The molecule has 2 heterocycles. The molecule has 2 aromatic rings. The fourth-order valence-corrected chi connectivity index (χ4v) is 3.47. The molecule has 0 saturated carbocycles. The van der Waals surface area contributed by atoms with Gasteiger partial charge in [0.1, 0.15) is 0 Å². The summed E-state index contributed by atoms with van der Waals surface area (Å²) in [6.07, 6.45) is 1.93. The van der Waals surface area contributed by atoms with Crippen LogP contribution in [0.3, 0.4) is 0 Å². The topological polar surface area (TPSA) is 31.2 Å². The first-order chi connectivity index (χ1) is 9.70. The number of fused-ring (bicyclic) bond motifs is 1. The Kier molecular flexibility index (Phi) is 3.40. The molecule has 0 radical (unpaired) electrons. The summed E-state index contributed by atoms with van der Waals surface area (Å²) in [5, 5.41) is 1.19. The van der Waals surface area contributed by atoms with Crippen LogP contribution in [0.1, 0.15) is 5.56 Å². The molecule has 1 aromatic heterocycles. The Morgan fingerprint density at radius 1 is 1.30 bits per heavy atom. The van der Waals surface area contributed by atoms with Gasteiger partial charge in [-0.05, 0) is 17.7 Å². The Bertz CT molecular complexity index is 686. The highest BCUT2D eigenvalue weighted by atomic mass is 32.2. The molecule has 0 amide bonds. The van der Waals surface area contributed by atoms with E-state index < -0.39 is 0 Å². The summed E-state index contributed by atoms with van der Waals surface area (Å²) < 4.78 is 6.98. The summed E-state index contributed by atoms with van der Waals surface area (Å²) in [4.78, 5) is 11.6. The molecule has 0 fully saturated rings. The second-order valence-corrected chi connectivity index (χ2v) is 5.63. The minimum absolute atomic E-state index is 0.242. The van der Waals surface area contributed by atoms with E-state index in [9.17, 15) is 4.79 Å². The van der Waals surface area contributed by atoms with Gasteiger partial charge in [-0.25, -0.2) is 4.79 Å². The van der Waals surface area contributed by atoms with Gasteiger partial charge in [-0.3, -0.25) is 0 Å². The molecule has 0 atom stereocenters. The van der Waals surface area contributed by atoms with Crippen LogP contribution in [0.25, 0.3) is 17.3 Å². The molecule has 0 saturated heterocycles. The first-order valence-corrected chi connectivity index (χ1v) is 7.36. The molecule has 102 valence electrons. The first kappa shape index (κ1) is 13.1. The van der Waals surface area contributed by atoms with Crippen LogP contribution in [0.5, 0.6) is 0 Å². The van der Waals surface area contributed by atoms with E-state index in [0.717, 1.165) is 16.8 Å². The van der Waals surface area contributed by atoms with E-state index in [1.54, 1.807) is 11.8 Å². The lowest BCUT2D eigenvalue weighted by atomic mass is 10.1. The van der Waals surface area contributed by atoms with Crippen LogP contribution in [0.15, 0.2) is 47.0 Å². The van der Waals surface area contributed by atoms with Crippen molar-refractivity contribution in [2.45, 2.75) is 5.03 Å². The number of hydrogen-bond donors (Lipinski definition) is 0. The maximum absolute atomic E-state index is 11.6. The van der Waals surface area contributed by atoms with Gasteiger partial charge in [0.2, 0.25) is 0 Å². The van der Waals surface area contributed by atoms with Gasteiger partial charge >= 0.3 is 5.97 Å². The van der Waals surface area contributed by atoms with Crippen molar-refractivity contribution in [2.75, 3.05) is 12.9 Å². The number of benzene rings is 1. The Morgan fingerprint density at radius 3 is 2.75 bits per heavy atom. The first-order valence-electron chi connectivity index (χ1n) is 6.37. The number of nitrogens with zero attached hydrogens (tertiary/aromatic N) is 1. The van der Waals surface area contributed by atoms with Crippen LogP contribution in [-0.4, -0.2) is 23.4 Å². The fourth-order valence-electron chi connectivity index (χ4n) is 2.40. The molecule has 0 aliphatic carbocycles. The maximum Gasteiger partial charge on any atom is 0.334 e. The third-order valence-electron chi connectivity index (χ3n) is 3.42. The smallest absolute Gasteiger partial charge is 0.334 e. The van der Waals surface area contributed by atoms with E-state index in [0.29, 0.717) is 5.75 Å². The van der Waals surface area contributed by atoms with Crippen LogP contribution in [-0.2, 0) is 16.6 Å². The molecular formula is C16H15NO2S. The predicted molar refractivity (Wildman–Crippen MR) is 81.6 cm³/mol. The largest absolute Gasteiger partial charge is 0.466 e. The zero-order valence-corrected chi connectivity index (χ0v) is 12.2. The summed E-state index contributed by atoms with van der Waals surface area (Å²) >= 11 is 1.68. The zero-order chi connectivity index (χ0) is 14.1. The van der Waals surface area contributed by atoms with E-state index in [1.807, 2.05) is 24.3 Å². The van der Waals surface area contributed by atoms with Gasteiger partial charge in [0, 0.05) is 29.6 Å². The molecule has 3 nitrogen and oxygen atoms in total. The van der Waals surface area contributed by atoms with Crippen molar-refractivity contribution in [1.29, 1.82) is 0 Å². The number of esters is 1. The van der Waals surface area contributed by atoms with Gasteiger partial charge in [-0.1, -0.05) is 30.3 Å². The Hall–Kier alpha value is -1.94. The van der Waals surface area contributed by atoms with Crippen LogP contribution in [0, 0.1) is 0 Å². The van der Waals surface area contributed by atoms with E-state index in [4.69, 9.17) is 4.74 Å². The normalized spacial score (nSPS) is 13.6. The quantitative estimate of drug-likeness (QED) is 0.793. The molecule has 1 aliphatic rings. The van der Waals surface area contributed by atoms with Crippen molar-refractivity contribution in [3.8, 4) is 11.3 Å². The monoisotopic (exact) mass is 285 g/mol. The highest BCUT2D eigenvalue weighted by Gasteiger charge is 2.21. The molecule has 3 rings (SSSR count). The SMILES string of the molecule is COC(=O)C1=Cc2cc(-c3ccccc3)n(C)c2SC1. The van der Waals surface area contributed by atoms with Crippen molar-refractivity contribution in [3.63, 3.8) is 0 Å². The molecule has 20 heavy (non-hydrogen) atoms. The minimum Gasteiger partial charge on any atom is -0.466 e. The molecule has 4 heteroatoms. The maximum atomic E-state index is 11.6. The molecular weight excluding hydrogens is 270 g/mol. The molecule has 0 unspecified atom stereocenters. The number of aromatic nitrogens is 1. The van der Waals surface area contributed by atoms with E-state index in [1.165, 1.54) is 17.7 Å². The lowest BCUT2D eigenvalue weighted by molar-refractivity contribution is -0.135.